The number of hydrogen-bond donors (Lipinski definition) is 4. The van der Waals surface area contributed by atoms with Crippen LogP contribution in [0, 0.1) is 10.1 Å². The predicted molar refractivity (Wildman–Crippen MR) is 60.8 cm³/mol. The summed E-state index contributed by atoms with van der Waals surface area (Å²) in [7, 11) is 0. The monoisotopic (exact) mass is 269 g/mol. The zero-order valence-corrected chi connectivity index (χ0v) is 10.6. The molecule has 0 aliphatic rings. The molecule has 0 aromatic heterocycles. The Hall–Kier alpha value is -1.74. The van der Waals surface area contributed by atoms with E-state index in [0.717, 1.165) is 13.8 Å². The lowest BCUT2D eigenvalue weighted by Gasteiger charge is -2.13. The van der Waals surface area contributed by atoms with Crippen LogP contribution in [-0.4, -0.2) is 55.5 Å². The molecule has 18 heavy (non-hydrogen) atoms. The van der Waals surface area contributed by atoms with Crippen LogP contribution in [-0.2, 0) is 9.59 Å². The van der Waals surface area contributed by atoms with E-state index in [4.69, 9.17) is 30.0 Å². The maximum atomic E-state index is 10.1. The molecule has 9 heteroatoms. The van der Waals surface area contributed by atoms with Crippen molar-refractivity contribution in [3.05, 3.63) is 10.1 Å². The minimum atomic E-state index is -1.28. The van der Waals surface area contributed by atoms with E-state index in [1.807, 2.05) is 0 Å². The van der Waals surface area contributed by atoms with E-state index in [-0.39, 0.29) is 0 Å². The number of nitrogens with zero attached hydrogens (tertiary/aromatic N) is 1. The summed E-state index contributed by atoms with van der Waals surface area (Å²) < 4.78 is 0. The largest absolute Gasteiger partial charge is 0.481 e. The molecule has 0 radical (unpaired) electrons. The molecule has 0 aliphatic heterocycles. The molecule has 0 fully saturated rings. The molecule has 0 saturated carbocycles. The van der Waals surface area contributed by atoms with Gasteiger partial charge in [0, 0.05) is 18.8 Å². The lowest BCUT2D eigenvalue weighted by molar-refractivity contribution is -0.544. The summed E-state index contributed by atoms with van der Waals surface area (Å²) >= 11 is 0. The Morgan fingerprint density at radius 3 is 1.17 bits per heavy atom. The van der Waals surface area contributed by atoms with Gasteiger partial charge in [-0.25, -0.2) is 0 Å². The van der Waals surface area contributed by atoms with E-state index in [1.54, 1.807) is 0 Å². The van der Waals surface area contributed by atoms with Gasteiger partial charge in [0.1, 0.15) is 12.2 Å². The topological polar surface area (TPSA) is 158 Å². The van der Waals surface area contributed by atoms with E-state index in [0.29, 0.717) is 0 Å². The molecule has 0 spiro atoms. The lowest BCUT2D eigenvalue weighted by atomic mass is 10.1. The first kappa shape index (κ1) is 21.5. The number of aliphatic hydroxyl groups is 2. The van der Waals surface area contributed by atoms with Gasteiger partial charge in [-0.15, -0.1) is 0 Å². The van der Waals surface area contributed by atoms with Gasteiger partial charge in [-0.3, -0.25) is 19.7 Å². The maximum absolute atomic E-state index is 10.1. The van der Waals surface area contributed by atoms with Gasteiger partial charge in [0.05, 0.1) is 0 Å². The fourth-order valence-electron chi connectivity index (χ4n) is 0.755. The highest BCUT2D eigenvalue weighted by atomic mass is 16.6. The van der Waals surface area contributed by atoms with Crippen LogP contribution in [0.2, 0.25) is 0 Å². The van der Waals surface area contributed by atoms with Crippen LogP contribution in [0.4, 0.5) is 0 Å². The number of rotatable bonds is 3. The third kappa shape index (κ3) is 23.8. The van der Waals surface area contributed by atoms with E-state index in [2.05, 4.69) is 0 Å². The number of carboxylic acids is 2. The minimum absolute atomic E-state index is 0.685. The highest BCUT2D eigenvalue weighted by Crippen LogP contribution is 2.02. The number of carboxylic acid groups (broad SMARTS) is 2. The van der Waals surface area contributed by atoms with Crippen molar-refractivity contribution in [2.45, 2.75) is 45.9 Å². The summed E-state index contributed by atoms with van der Waals surface area (Å²) in [5.74, 6) is -1.67. The van der Waals surface area contributed by atoms with Crippen LogP contribution < -0.4 is 0 Å². The second kappa shape index (κ2) is 11.7. The summed E-state index contributed by atoms with van der Waals surface area (Å²) in [5.41, 5.74) is 0. The molecule has 2 unspecified atom stereocenters. The Kier molecular flexibility index (Phi) is 14.0. The van der Waals surface area contributed by atoms with Gasteiger partial charge in [-0.1, -0.05) is 0 Å². The van der Waals surface area contributed by atoms with Gasteiger partial charge in [-0.05, 0) is 13.8 Å². The third-order valence-corrected chi connectivity index (χ3v) is 1.23. The second-order valence-electron chi connectivity index (χ2n) is 3.30. The molecule has 0 bridgehead atoms. The highest BCUT2D eigenvalue weighted by Gasteiger charge is 2.31. The number of aliphatic hydroxyl groups excluding tert-OH is 2. The van der Waals surface area contributed by atoms with Crippen molar-refractivity contribution in [1.29, 1.82) is 0 Å². The molecule has 4 N–H and O–H groups in total. The normalized spacial score (nSPS) is 13.7. The first-order valence-electron chi connectivity index (χ1n) is 4.82. The van der Waals surface area contributed by atoms with Gasteiger partial charge in [0.15, 0.2) is 0 Å². The van der Waals surface area contributed by atoms with Crippen LogP contribution >= 0.6 is 0 Å². The zero-order chi connectivity index (χ0) is 15.5. The van der Waals surface area contributed by atoms with Gasteiger partial charge >= 0.3 is 0 Å². The maximum Gasteiger partial charge on any atom is 0.300 e. The summed E-state index contributed by atoms with van der Waals surface area (Å²) in [4.78, 5) is 27.4. The number of aliphatic carboxylic acids is 2. The van der Waals surface area contributed by atoms with Crippen molar-refractivity contribution in [3.8, 4) is 0 Å². The standard InChI is InChI=1S/C5H11NO4.2C2H4O2/c1-3(7)5(4(2)8)6(9)10;2*1-2(3)4/h3-5,7-8H,1-2H3;2*1H3,(H,3,4). The molecular formula is C9H19NO8. The van der Waals surface area contributed by atoms with Crippen LogP contribution in [0.15, 0.2) is 0 Å². The first-order valence-corrected chi connectivity index (χ1v) is 4.82. The van der Waals surface area contributed by atoms with Crippen LogP contribution in [0.5, 0.6) is 0 Å². The van der Waals surface area contributed by atoms with E-state index < -0.39 is 35.1 Å². The van der Waals surface area contributed by atoms with E-state index in [1.165, 1.54) is 13.8 Å². The Morgan fingerprint density at radius 2 is 1.17 bits per heavy atom. The minimum Gasteiger partial charge on any atom is -0.481 e. The van der Waals surface area contributed by atoms with Gasteiger partial charge < -0.3 is 20.4 Å². The summed E-state index contributed by atoms with van der Waals surface area (Å²) in [6, 6.07) is -1.28. The van der Waals surface area contributed by atoms with Crippen molar-refractivity contribution in [3.63, 3.8) is 0 Å². The zero-order valence-electron chi connectivity index (χ0n) is 10.6. The fraction of sp³-hybridized carbons (Fsp3) is 0.778. The van der Waals surface area contributed by atoms with Crippen molar-refractivity contribution in [1.82, 2.24) is 0 Å². The molecule has 0 aromatic rings. The van der Waals surface area contributed by atoms with Crippen molar-refractivity contribution < 1.29 is 34.9 Å². The Bertz CT molecular complexity index is 235. The fourth-order valence-corrected chi connectivity index (χ4v) is 0.755. The van der Waals surface area contributed by atoms with Crippen LogP contribution in [0.25, 0.3) is 0 Å². The van der Waals surface area contributed by atoms with Crippen molar-refractivity contribution >= 4 is 11.9 Å². The van der Waals surface area contributed by atoms with Gasteiger partial charge in [0.25, 0.3) is 18.0 Å². The van der Waals surface area contributed by atoms with E-state index >= 15 is 0 Å². The second-order valence-corrected chi connectivity index (χ2v) is 3.30. The van der Waals surface area contributed by atoms with Crippen LogP contribution in [0.3, 0.4) is 0 Å². The molecule has 108 valence electrons. The molecule has 0 heterocycles. The van der Waals surface area contributed by atoms with Crippen LogP contribution in [0.1, 0.15) is 27.7 Å². The Balaban J connectivity index is -0.000000233. The molecule has 0 saturated heterocycles. The number of nitro groups is 1. The molecule has 0 rings (SSSR count). The first-order chi connectivity index (χ1) is 7.93. The third-order valence-electron chi connectivity index (χ3n) is 1.23. The summed E-state index contributed by atoms with van der Waals surface area (Å²) in [6.45, 7) is 4.72. The average molecular weight is 269 g/mol. The molecule has 0 aliphatic carbocycles. The Morgan fingerprint density at radius 1 is 1.00 bits per heavy atom. The molecular weight excluding hydrogens is 250 g/mol. The quantitative estimate of drug-likeness (QED) is 0.397. The predicted octanol–water partition coefficient (Wildman–Crippen LogP) is -0.425. The number of carbonyl (C=O) groups is 2. The van der Waals surface area contributed by atoms with Gasteiger partial charge in [0.2, 0.25) is 0 Å². The summed E-state index contributed by atoms with van der Waals surface area (Å²) in [5, 5.41) is 42.4. The molecule has 9 nitrogen and oxygen atoms in total. The van der Waals surface area contributed by atoms with Crippen molar-refractivity contribution in [2.24, 2.45) is 0 Å². The number of hydrogen-bond acceptors (Lipinski definition) is 6. The van der Waals surface area contributed by atoms with Gasteiger partial charge in [-0.2, -0.15) is 0 Å². The summed E-state index contributed by atoms with van der Waals surface area (Å²) in [6.07, 6.45) is -2.23. The SMILES string of the molecule is CC(=O)O.CC(=O)O.CC(O)C(C(C)O)[N+](=O)[O-]. The molecule has 2 atom stereocenters. The molecule has 0 aromatic carbocycles. The lowest BCUT2D eigenvalue weighted by Crippen LogP contribution is -2.40. The Labute approximate surface area is 104 Å². The van der Waals surface area contributed by atoms with E-state index in [9.17, 15) is 10.1 Å². The highest BCUT2D eigenvalue weighted by molar-refractivity contribution is 5.63. The van der Waals surface area contributed by atoms with Crippen molar-refractivity contribution in [2.75, 3.05) is 0 Å². The average Bonchev–Trinajstić information content (AvgIpc) is 1.96. The molecule has 0 amide bonds. The smallest absolute Gasteiger partial charge is 0.300 e.